The molecule has 0 heterocycles. The Balaban J connectivity index is 2.12. The molecule has 1 saturated carbocycles. The molecular formula is C12H16N2O2. The van der Waals surface area contributed by atoms with E-state index >= 15 is 0 Å². The predicted molar refractivity (Wildman–Crippen MR) is 61.7 cm³/mol. The van der Waals surface area contributed by atoms with Crippen LogP contribution in [0.5, 0.6) is 0 Å². The van der Waals surface area contributed by atoms with Gasteiger partial charge in [-0.2, -0.15) is 0 Å². The van der Waals surface area contributed by atoms with Crippen molar-refractivity contribution in [2.45, 2.75) is 19.4 Å². The Morgan fingerprint density at radius 3 is 2.69 bits per heavy atom. The lowest BCUT2D eigenvalue weighted by molar-refractivity contribution is -0.120. The predicted octanol–water partition coefficient (Wildman–Crippen LogP) is 0.856. The van der Waals surface area contributed by atoms with Gasteiger partial charge in [0, 0.05) is 17.8 Å². The zero-order valence-corrected chi connectivity index (χ0v) is 9.07. The second-order valence-electron chi connectivity index (χ2n) is 4.25. The van der Waals surface area contributed by atoms with Crippen LogP contribution in [-0.2, 0) is 11.4 Å². The number of rotatable bonds is 4. The molecule has 1 aromatic rings. The van der Waals surface area contributed by atoms with Crippen LogP contribution in [0.4, 0.5) is 5.69 Å². The van der Waals surface area contributed by atoms with Crippen molar-refractivity contribution in [3.05, 3.63) is 29.8 Å². The van der Waals surface area contributed by atoms with Crippen LogP contribution in [-0.4, -0.2) is 17.6 Å². The topological polar surface area (TPSA) is 75.4 Å². The molecule has 86 valence electrons. The zero-order valence-electron chi connectivity index (χ0n) is 9.07. The average Bonchev–Trinajstić information content (AvgIpc) is 3.10. The van der Waals surface area contributed by atoms with Crippen LogP contribution in [0, 0.1) is 5.41 Å². The van der Waals surface area contributed by atoms with Crippen molar-refractivity contribution >= 4 is 11.6 Å². The molecule has 0 aliphatic heterocycles. The molecule has 1 fully saturated rings. The quantitative estimate of drug-likeness (QED) is 0.704. The van der Waals surface area contributed by atoms with Crippen molar-refractivity contribution < 1.29 is 9.90 Å². The monoisotopic (exact) mass is 220 g/mol. The van der Waals surface area contributed by atoms with Gasteiger partial charge < -0.3 is 16.2 Å². The van der Waals surface area contributed by atoms with Crippen LogP contribution in [0.25, 0.3) is 0 Å². The van der Waals surface area contributed by atoms with E-state index in [1.807, 2.05) is 12.1 Å². The molecule has 2 rings (SSSR count). The number of para-hydroxylation sites is 1. The van der Waals surface area contributed by atoms with Gasteiger partial charge in [0.15, 0.2) is 0 Å². The molecule has 1 aromatic carbocycles. The molecule has 1 aliphatic rings. The van der Waals surface area contributed by atoms with E-state index in [9.17, 15) is 4.79 Å². The van der Waals surface area contributed by atoms with Crippen LogP contribution in [0.2, 0.25) is 0 Å². The molecule has 1 amide bonds. The first-order valence-corrected chi connectivity index (χ1v) is 5.42. The summed E-state index contributed by atoms with van der Waals surface area (Å²) in [6.07, 6.45) is 1.72. The van der Waals surface area contributed by atoms with Crippen LogP contribution < -0.4 is 11.1 Å². The number of carbonyl (C=O) groups excluding carboxylic acids is 1. The number of anilines is 1. The van der Waals surface area contributed by atoms with E-state index < -0.39 is 0 Å². The minimum atomic E-state index is -0.359. The highest BCUT2D eigenvalue weighted by Gasteiger charge is 2.48. The highest BCUT2D eigenvalue weighted by atomic mass is 16.3. The van der Waals surface area contributed by atoms with Crippen molar-refractivity contribution in [3.8, 4) is 0 Å². The third-order valence-corrected chi connectivity index (χ3v) is 3.16. The number of hydrogen-bond acceptors (Lipinski definition) is 3. The van der Waals surface area contributed by atoms with E-state index in [1.54, 1.807) is 12.1 Å². The summed E-state index contributed by atoms with van der Waals surface area (Å²) in [6.45, 7) is 0.312. The molecule has 4 heteroatoms. The van der Waals surface area contributed by atoms with E-state index in [2.05, 4.69) is 5.32 Å². The maximum absolute atomic E-state index is 11.9. The lowest BCUT2D eigenvalue weighted by atomic mass is 10.1. The first-order valence-electron chi connectivity index (χ1n) is 5.42. The molecule has 0 bridgehead atoms. The Morgan fingerprint density at radius 1 is 1.44 bits per heavy atom. The van der Waals surface area contributed by atoms with E-state index in [0.29, 0.717) is 12.2 Å². The fraction of sp³-hybridized carbons (Fsp3) is 0.417. The van der Waals surface area contributed by atoms with Crippen LogP contribution in [0.1, 0.15) is 18.4 Å². The maximum atomic E-state index is 11.9. The largest absolute Gasteiger partial charge is 0.392 e. The lowest BCUT2D eigenvalue weighted by Gasteiger charge is -2.14. The number of carbonyl (C=O) groups is 1. The van der Waals surface area contributed by atoms with Crippen molar-refractivity contribution in [1.82, 2.24) is 0 Å². The molecule has 1 aliphatic carbocycles. The molecule has 0 atom stereocenters. The third kappa shape index (κ3) is 1.94. The second kappa shape index (κ2) is 4.23. The van der Waals surface area contributed by atoms with Gasteiger partial charge in [0.25, 0.3) is 0 Å². The zero-order chi connectivity index (χ0) is 11.6. The summed E-state index contributed by atoms with van der Waals surface area (Å²) < 4.78 is 0. The van der Waals surface area contributed by atoms with Gasteiger partial charge in [0.1, 0.15) is 0 Å². The lowest BCUT2D eigenvalue weighted by Crippen LogP contribution is -2.31. The van der Waals surface area contributed by atoms with Gasteiger partial charge in [-0.25, -0.2) is 0 Å². The highest BCUT2D eigenvalue weighted by molar-refractivity contribution is 5.97. The number of aliphatic hydroxyl groups excluding tert-OH is 1. The fourth-order valence-electron chi connectivity index (χ4n) is 1.71. The summed E-state index contributed by atoms with van der Waals surface area (Å²) in [5.74, 6) is -0.0316. The Hall–Kier alpha value is -1.39. The van der Waals surface area contributed by atoms with Crippen LogP contribution in [0.3, 0.4) is 0 Å². The Kier molecular flexibility index (Phi) is 2.94. The first-order chi connectivity index (χ1) is 7.72. The summed E-state index contributed by atoms with van der Waals surface area (Å²) in [5, 5.41) is 12.0. The summed E-state index contributed by atoms with van der Waals surface area (Å²) in [6, 6.07) is 7.24. The van der Waals surface area contributed by atoms with Crippen molar-refractivity contribution in [3.63, 3.8) is 0 Å². The van der Waals surface area contributed by atoms with Crippen LogP contribution in [0.15, 0.2) is 24.3 Å². The minimum Gasteiger partial charge on any atom is -0.392 e. The Bertz CT molecular complexity index is 400. The average molecular weight is 220 g/mol. The molecular weight excluding hydrogens is 204 g/mol. The summed E-state index contributed by atoms with van der Waals surface area (Å²) >= 11 is 0. The van der Waals surface area contributed by atoms with Crippen molar-refractivity contribution in [2.75, 3.05) is 11.9 Å². The number of aliphatic hydroxyl groups is 1. The summed E-state index contributed by atoms with van der Waals surface area (Å²) in [5.41, 5.74) is 6.63. The first kappa shape index (κ1) is 11.1. The standard InChI is InChI=1S/C12H16N2O2/c13-8-12(5-6-12)11(16)14-10-4-2-1-3-9(10)7-15/h1-4,15H,5-8,13H2,(H,14,16). The summed E-state index contributed by atoms with van der Waals surface area (Å²) in [4.78, 5) is 11.9. The van der Waals surface area contributed by atoms with Gasteiger partial charge in [0.2, 0.25) is 5.91 Å². The van der Waals surface area contributed by atoms with Crippen molar-refractivity contribution in [1.29, 1.82) is 0 Å². The molecule has 0 unspecified atom stereocenters. The number of benzene rings is 1. The number of amides is 1. The van der Waals surface area contributed by atoms with Gasteiger partial charge in [-0.1, -0.05) is 18.2 Å². The number of nitrogens with one attached hydrogen (secondary N) is 1. The molecule has 0 radical (unpaired) electrons. The van der Waals surface area contributed by atoms with E-state index in [1.165, 1.54) is 0 Å². The maximum Gasteiger partial charge on any atom is 0.231 e. The third-order valence-electron chi connectivity index (χ3n) is 3.16. The van der Waals surface area contributed by atoms with Gasteiger partial charge in [0.05, 0.1) is 12.0 Å². The summed E-state index contributed by atoms with van der Waals surface area (Å²) in [7, 11) is 0. The highest BCUT2D eigenvalue weighted by Crippen LogP contribution is 2.45. The Labute approximate surface area is 94.5 Å². The molecule has 16 heavy (non-hydrogen) atoms. The smallest absolute Gasteiger partial charge is 0.231 e. The Morgan fingerprint density at radius 2 is 2.12 bits per heavy atom. The van der Waals surface area contributed by atoms with Crippen LogP contribution >= 0.6 is 0 Å². The molecule has 0 aromatic heterocycles. The number of hydrogen-bond donors (Lipinski definition) is 3. The van der Waals surface area contributed by atoms with Crippen molar-refractivity contribution in [2.24, 2.45) is 11.1 Å². The molecule has 4 N–H and O–H groups in total. The van der Waals surface area contributed by atoms with Gasteiger partial charge in [-0.15, -0.1) is 0 Å². The SMILES string of the molecule is NCC1(C(=O)Nc2ccccc2CO)CC1. The van der Waals surface area contributed by atoms with Gasteiger partial charge in [-0.3, -0.25) is 4.79 Å². The molecule has 0 spiro atoms. The normalized spacial score (nSPS) is 16.9. The van der Waals surface area contributed by atoms with E-state index in [0.717, 1.165) is 18.4 Å². The molecule has 4 nitrogen and oxygen atoms in total. The van der Waals surface area contributed by atoms with Gasteiger partial charge in [-0.05, 0) is 18.9 Å². The fourth-order valence-corrected chi connectivity index (χ4v) is 1.71. The molecule has 0 saturated heterocycles. The second-order valence-corrected chi connectivity index (χ2v) is 4.25. The van der Waals surface area contributed by atoms with Gasteiger partial charge >= 0.3 is 0 Å². The number of nitrogens with two attached hydrogens (primary N) is 1. The van der Waals surface area contributed by atoms with E-state index in [4.69, 9.17) is 10.8 Å². The van der Waals surface area contributed by atoms with E-state index in [-0.39, 0.29) is 17.9 Å². The minimum absolute atomic E-state index is 0.0316.